The summed E-state index contributed by atoms with van der Waals surface area (Å²) in [6, 6.07) is 10.1. The summed E-state index contributed by atoms with van der Waals surface area (Å²) in [6.45, 7) is 0. The lowest BCUT2D eigenvalue weighted by atomic mass is 10.2. The van der Waals surface area contributed by atoms with Crippen molar-refractivity contribution < 1.29 is 17.9 Å². The minimum absolute atomic E-state index is 0.134. The van der Waals surface area contributed by atoms with Gasteiger partial charge in [-0.25, -0.2) is 13.2 Å². The summed E-state index contributed by atoms with van der Waals surface area (Å²) in [5.41, 5.74) is 0.936. The van der Waals surface area contributed by atoms with Crippen molar-refractivity contribution in [3.8, 4) is 11.4 Å². The Labute approximate surface area is 138 Å². The van der Waals surface area contributed by atoms with E-state index < -0.39 is 27.3 Å². The molecule has 0 bridgehead atoms. The number of aromatic nitrogens is 1. The molecule has 0 aliphatic carbocycles. The van der Waals surface area contributed by atoms with E-state index in [1.807, 2.05) is 41.2 Å². The van der Waals surface area contributed by atoms with Crippen molar-refractivity contribution in [3.05, 3.63) is 48.8 Å². The van der Waals surface area contributed by atoms with E-state index in [0.29, 0.717) is 5.75 Å². The molecule has 6 nitrogen and oxygen atoms in total. The topological polar surface area (TPSA) is 77.4 Å². The molecule has 0 spiro atoms. The Hall–Kier alpha value is -1.99. The summed E-state index contributed by atoms with van der Waals surface area (Å²) in [5, 5.41) is 1.86. The van der Waals surface area contributed by atoms with E-state index in [4.69, 9.17) is 16.3 Å². The van der Waals surface area contributed by atoms with Crippen molar-refractivity contribution in [2.75, 3.05) is 11.5 Å². The van der Waals surface area contributed by atoms with E-state index in [0.717, 1.165) is 5.69 Å². The molecule has 1 N–H and O–H groups in total. The van der Waals surface area contributed by atoms with Crippen LogP contribution in [0.2, 0.25) is 0 Å². The molecule has 122 valence electrons. The molecule has 2 atom stereocenters. The van der Waals surface area contributed by atoms with Crippen molar-refractivity contribution in [1.82, 2.24) is 9.88 Å². The Morgan fingerprint density at radius 1 is 1.17 bits per heavy atom. The Morgan fingerprint density at radius 3 is 2.39 bits per heavy atom. The second-order valence-electron chi connectivity index (χ2n) is 5.32. The number of hydrogen-bond donors (Lipinski definition) is 1. The summed E-state index contributed by atoms with van der Waals surface area (Å²) in [6.07, 6.45) is 3.10. The molecule has 1 aliphatic heterocycles. The zero-order valence-electron chi connectivity index (χ0n) is 12.1. The van der Waals surface area contributed by atoms with Gasteiger partial charge in [-0.1, -0.05) is 0 Å². The summed E-state index contributed by atoms with van der Waals surface area (Å²) in [7, 11) is -3.20. The minimum Gasteiger partial charge on any atom is -0.410 e. The molecule has 2 heterocycles. The molecule has 3 rings (SSSR count). The number of benzene rings is 1. The SMILES string of the molecule is O=C(N[C@H]1CS(=O)(=O)C[C@@H]1Cl)Oc1ccc(-n2cccc2)cc1. The van der Waals surface area contributed by atoms with Crippen LogP contribution in [0, 0.1) is 0 Å². The highest BCUT2D eigenvalue weighted by atomic mass is 35.5. The smallest absolute Gasteiger partial charge is 0.410 e. The molecule has 1 fully saturated rings. The van der Waals surface area contributed by atoms with Gasteiger partial charge in [0.15, 0.2) is 9.84 Å². The maximum Gasteiger partial charge on any atom is 0.412 e. The molecule has 1 aromatic carbocycles. The van der Waals surface area contributed by atoms with Crippen LogP contribution >= 0.6 is 11.6 Å². The van der Waals surface area contributed by atoms with Gasteiger partial charge in [0.05, 0.1) is 22.9 Å². The maximum atomic E-state index is 11.8. The zero-order chi connectivity index (χ0) is 16.4. The number of alkyl halides is 1. The predicted octanol–water partition coefficient (Wildman–Crippen LogP) is 1.97. The Balaban J connectivity index is 1.60. The summed E-state index contributed by atoms with van der Waals surface area (Å²) < 4.78 is 30.0. The first-order chi connectivity index (χ1) is 10.9. The van der Waals surface area contributed by atoms with Crippen LogP contribution in [0.25, 0.3) is 5.69 Å². The molecule has 0 unspecified atom stereocenters. The second-order valence-corrected chi connectivity index (χ2v) is 8.03. The van der Waals surface area contributed by atoms with Crippen LogP contribution < -0.4 is 10.1 Å². The number of hydrogen-bond acceptors (Lipinski definition) is 4. The molecular formula is C15H15ClN2O4S. The third-order valence-electron chi connectivity index (χ3n) is 3.54. The highest BCUT2D eigenvalue weighted by Crippen LogP contribution is 2.19. The fourth-order valence-electron chi connectivity index (χ4n) is 2.42. The van der Waals surface area contributed by atoms with Gasteiger partial charge in [0.25, 0.3) is 0 Å². The molecule has 1 saturated heterocycles. The van der Waals surface area contributed by atoms with Gasteiger partial charge in [-0.3, -0.25) is 0 Å². The monoisotopic (exact) mass is 354 g/mol. The largest absolute Gasteiger partial charge is 0.412 e. The normalized spacial score (nSPS) is 22.7. The number of nitrogens with one attached hydrogen (secondary N) is 1. The Morgan fingerprint density at radius 2 is 1.83 bits per heavy atom. The number of amides is 1. The van der Waals surface area contributed by atoms with Crippen molar-refractivity contribution in [2.24, 2.45) is 0 Å². The van der Waals surface area contributed by atoms with E-state index >= 15 is 0 Å². The van der Waals surface area contributed by atoms with Gasteiger partial charge in [0.1, 0.15) is 5.75 Å². The number of nitrogens with zero attached hydrogens (tertiary/aromatic N) is 1. The van der Waals surface area contributed by atoms with Gasteiger partial charge in [-0.2, -0.15) is 0 Å². The molecule has 1 aliphatic rings. The average molecular weight is 355 g/mol. The molecular weight excluding hydrogens is 340 g/mol. The summed E-state index contributed by atoms with van der Waals surface area (Å²) >= 11 is 5.94. The van der Waals surface area contributed by atoms with Gasteiger partial charge in [0.2, 0.25) is 0 Å². The van der Waals surface area contributed by atoms with Crippen molar-refractivity contribution in [3.63, 3.8) is 0 Å². The third kappa shape index (κ3) is 3.86. The van der Waals surface area contributed by atoms with Gasteiger partial charge < -0.3 is 14.6 Å². The molecule has 1 amide bonds. The van der Waals surface area contributed by atoms with Crippen LogP contribution in [-0.2, 0) is 9.84 Å². The van der Waals surface area contributed by atoms with Crippen LogP contribution in [0.3, 0.4) is 0 Å². The van der Waals surface area contributed by atoms with Crippen LogP contribution in [0.5, 0.6) is 5.75 Å². The van der Waals surface area contributed by atoms with Crippen LogP contribution in [0.1, 0.15) is 0 Å². The lowest BCUT2D eigenvalue weighted by Crippen LogP contribution is -2.42. The quantitative estimate of drug-likeness (QED) is 0.855. The molecule has 8 heteroatoms. The number of carbonyl (C=O) groups is 1. The molecule has 23 heavy (non-hydrogen) atoms. The van der Waals surface area contributed by atoms with E-state index in [2.05, 4.69) is 5.32 Å². The van der Waals surface area contributed by atoms with Gasteiger partial charge in [-0.05, 0) is 36.4 Å². The number of halogens is 1. The van der Waals surface area contributed by atoms with E-state index in [-0.39, 0.29) is 11.5 Å². The van der Waals surface area contributed by atoms with Crippen LogP contribution in [0.4, 0.5) is 4.79 Å². The number of ether oxygens (including phenoxy) is 1. The fraction of sp³-hybridized carbons (Fsp3) is 0.267. The first kappa shape index (κ1) is 15.9. The van der Waals surface area contributed by atoms with Crippen LogP contribution in [0.15, 0.2) is 48.8 Å². The van der Waals surface area contributed by atoms with E-state index in [1.165, 1.54) is 0 Å². The average Bonchev–Trinajstić information content (AvgIpc) is 3.08. The molecule has 2 aromatic rings. The molecule has 0 saturated carbocycles. The van der Waals surface area contributed by atoms with Gasteiger partial charge >= 0.3 is 6.09 Å². The van der Waals surface area contributed by atoms with Crippen molar-refractivity contribution in [2.45, 2.75) is 11.4 Å². The first-order valence-corrected chi connectivity index (χ1v) is 9.25. The standard InChI is InChI=1S/C15H15ClN2O4S/c16-13-9-23(20,21)10-14(13)17-15(19)22-12-5-3-11(4-6-12)18-7-1-2-8-18/h1-8,13-14H,9-10H2,(H,17,19)/t13-,14-/m0/s1. The Bertz CT molecular complexity index is 787. The third-order valence-corrected chi connectivity index (χ3v) is 5.91. The fourth-order valence-corrected chi connectivity index (χ4v) is 4.97. The number of sulfone groups is 1. The highest BCUT2D eigenvalue weighted by molar-refractivity contribution is 7.91. The lowest BCUT2D eigenvalue weighted by Gasteiger charge is -2.14. The predicted molar refractivity (Wildman–Crippen MR) is 87.0 cm³/mol. The molecule has 0 radical (unpaired) electrons. The van der Waals surface area contributed by atoms with E-state index in [1.54, 1.807) is 12.1 Å². The number of rotatable bonds is 3. The maximum absolute atomic E-state index is 11.8. The summed E-state index contributed by atoms with van der Waals surface area (Å²) in [4.78, 5) is 11.8. The molecule has 1 aromatic heterocycles. The van der Waals surface area contributed by atoms with Crippen LogP contribution in [-0.4, -0.2) is 42.0 Å². The van der Waals surface area contributed by atoms with E-state index in [9.17, 15) is 13.2 Å². The lowest BCUT2D eigenvalue weighted by molar-refractivity contribution is 0.197. The Kier molecular flexibility index (Phi) is 4.32. The first-order valence-electron chi connectivity index (χ1n) is 6.99. The zero-order valence-corrected chi connectivity index (χ0v) is 13.6. The van der Waals surface area contributed by atoms with Crippen molar-refractivity contribution in [1.29, 1.82) is 0 Å². The second kappa shape index (κ2) is 6.25. The highest BCUT2D eigenvalue weighted by Gasteiger charge is 2.37. The minimum atomic E-state index is -3.20. The van der Waals surface area contributed by atoms with Gasteiger partial charge in [-0.15, -0.1) is 11.6 Å². The number of carbonyl (C=O) groups excluding carboxylic acids is 1. The summed E-state index contributed by atoms with van der Waals surface area (Å²) in [5.74, 6) is 0.0684. The van der Waals surface area contributed by atoms with Crippen molar-refractivity contribution >= 4 is 27.5 Å². The van der Waals surface area contributed by atoms with Gasteiger partial charge in [0, 0.05) is 18.1 Å².